The third-order valence-electron chi connectivity index (χ3n) is 4.91. The fraction of sp³-hybridized carbons (Fsp3) is 0.562. The molecule has 3 rings (SSSR count). The molecule has 0 saturated heterocycles. The number of rotatable bonds is 2. The van der Waals surface area contributed by atoms with Gasteiger partial charge >= 0.3 is 5.97 Å². The molecule has 108 valence electrons. The summed E-state index contributed by atoms with van der Waals surface area (Å²) in [4.78, 5) is 11.3. The first-order chi connectivity index (χ1) is 9.60. The first kappa shape index (κ1) is 13.3. The fourth-order valence-corrected chi connectivity index (χ4v) is 3.83. The number of ether oxygens (including phenoxy) is 1. The van der Waals surface area contributed by atoms with Gasteiger partial charge in [-0.2, -0.15) is 0 Å². The van der Waals surface area contributed by atoms with Crippen LogP contribution < -0.4 is 10.1 Å². The molecule has 1 aromatic rings. The molecular formula is C16H21NO3. The Hall–Kier alpha value is -1.71. The van der Waals surface area contributed by atoms with Crippen molar-refractivity contribution < 1.29 is 14.6 Å². The summed E-state index contributed by atoms with van der Waals surface area (Å²) in [5.41, 5.74) is 2.33. The fourth-order valence-electron chi connectivity index (χ4n) is 3.83. The number of carboxylic acids is 1. The van der Waals surface area contributed by atoms with Gasteiger partial charge in [0.15, 0.2) is 0 Å². The van der Waals surface area contributed by atoms with E-state index in [4.69, 9.17) is 4.74 Å². The Labute approximate surface area is 119 Å². The number of anilines is 1. The summed E-state index contributed by atoms with van der Waals surface area (Å²) in [6.07, 6.45) is 2.51. The van der Waals surface area contributed by atoms with Crippen molar-refractivity contribution in [2.45, 2.75) is 32.2 Å². The van der Waals surface area contributed by atoms with Gasteiger partial charge in [0, 0.05) is 6.04 Å². The average Bonchev–Trinajstić information content (AvgIpc) is 2.44. The summed E-state index contributed by atoms with van der Waals surface area (Å²) in [7, 11) is 1.67. The number of aliphatic carboxylic acids is 1. The van der Waals surface area contributed by atoms with Crippen molar-refractivity contribution in [2.75, 3.05) is 12.4 Å². The molecule has 0 aromatic heterocycles. The number of benzene rings is 1. The van der Waals surface area contributed by atoms with Gasteiger partial charge in [0.1, 0.15) is 5.75 Å². The number of fused-ring (bicyclic) bond motifs is 2. The molecule has 20 heavy (non-hydrogen) atoms. The highest BCUT2D eigenvalue weighted by Crippen LogP contribution is 2.44. The first-order valence-corrected chi connectivity index (χ1v) is 7.25. The van der Waals surface area contributed by atoms with E-state index < -0.39 is 5.97 Å². The molecule has 1 aliphatic carbocycles. The molecule has 0 amide bonds. The largest absolute Gasteiger partial charge is 0.495 e. The van der Waals surface area contributed by atoms with E-state index in [1.807, 2.05) is 12.1 Å². The standard InChI is InChI=1S/C16H21NO3/c1-9-6-11(16(18)19)8-13-12(9)7-10-4-3-5-14(20-2)15(10)17-13/h3-5,9,11-13,17H,6-8H2,1-2H3,(H,18,19). The third-order valence-corrected chi connectivity index (χ3v) is 4.91. The molecule has 2 N–H and O–H groups in total. The van der Waals surface area contributed by atoms with E-state index in [2.05, 4.69) is 18.3 Å². The highest BCUT2D eigenvalue weighted by molar-refractivity contribution is 5.71. The van der Waals surface area contributed by atoms with Gasteiger partial charge in [-0.05, 0) is 42.7 Å². The van der Waals surface area contributed by atoms with E-state index in [0.29, 0.717) is 18.3 Å². The Balaban J connectivity index is 1.90. The molecule has 1 aliphatic heterocycles. The molecule has 1 aromatic carbocycles. The molecule has 4 nitrogen and oxygen atoms in total. The van der Waals surface area contributed by atoms with Crippen LogP contribution in [-0.4, -0.2) is 24.2 Å². The van der Waals surface area contributed by atoms with Crippen molar-refractivity contribution in [1.82, 2.24) is 0 Å². The predicted molar refractivity (Wildman–Crippen MR) is 77.1 cm³/mol. The van der Waals surface area contributed by atoms with E-state index >= 15 is 0 Å². The van der Waals surface area contributed by atoms with Gasteiger partial charge in [0.2, 0.25) is 0 Å². The quantitative estimate of drug-likeness (QED) is 0.871. The summed E-state index contributed by atoms with van der Waals surface area (Å²) >= 11 is 0. The summed E-state index contributed by atoms with van der Waals surface area (Å²) < 4.78 is 5.41. The van der Waals surface area contributed by atoms with Crippen LogP contribution in [0.3, 0.4) is 0 Å². The normalized spacial score (nSPS) is 31.7. The van der Waals surface area contributed by atoms with Crippen LogP contribution in [-0.2, 0) is 11.2 Å². The van der Waals surface area contributed by atoms with Gasteiger partial charge in [-0.15, -0.1) is 0 Å². The van der Waals surface area contributed by atoms with Crippen molar-refractivity contribution >= 4 is 11.7 Å². The van der Waals surface area contributed by atoms with Crippen molar-refractivity contribution in [3.8, 4) is 5.75 Å². The second kappa shape index (κ2) is 5.00. The van der Waals surface area contributed by atoms with E-state index in [9.17, 15) is 9.90 Å². The number of para-hydroxylation sites is 1. The molecular weight excluding hydrogens is 254 g/mol. The topological polar surface area (TPSA) is 58.6 Å². The lowest BCUT2D eigenvalue weighted by atomic mass is 9.68. The minimum atomic E-state index is -0.664. The maximum absolute atomic E-state index is 11.3. The first-order valence-electron chi connectivity index (χ1n) is 7.25. The summed E-state index contributed by atoms with van der Waals surface area (Å²) in [5.74, 6) is 0.913. The van der Waals surface area contributed by atoms with Gasteiger partial charge in [-0.25, -0.2) is 0 Å². The number of methoxy groups -OCH3 is 1. The zero-order chi connectivity index (χ0) is 14.3. The third kappa shape index (κ3) is 2.13. The molecule has 1 heterocycles. The zero-order valence-corrected chi connectivity index (χ0v) is 11.9. The van der Waals surface area contributed by atoms with Gasteiger partial charge in [-0.1, -0.05) is 19.1 Å². The maximum Gasteiger partial charge on any atom is 0.306 e. The van der Waals surface area contributed by atoms with Crippen molar-refractivity contribution in [1.29, 1.82) is 0 Å². The predicted octanol–water partition coefficient (Wildman–Crippen LogP) is 2.78. The van der Waals surface area contributed by atoms with Crippen LogP contribution in [0.25, 0.3) is 0 Å². The average molecular weight is 275 g/mol. The second-order valence-electron chi connectivity index (χ2n) is 6.10. The Morgan fingerprint density at radius 2 is 2.20 bits per heavy atom. The summed E-state index contributed by atoms with van der Waals surface area (Å²) in [6, 6.07) is 6.35. The molecule has 2 aliphatic rings. The van der Waals surface area contributed by atoms with Crippen LogP contribution in [0.5, 0.6) is 5.75 Å². The molecule has 0 radical (unpaired) electrons. The van der Waals surface area contributed by atoms with E-state index in [-0.39, 0.29) is 12.0 Å². The van der Waals surface area contributed by atoms with Crippen LogP contribution in [0.15, 0.2) is 18.2 Å². The smallest absolute Gasteiger partial charge is 0.306 e. The molecule has 0 spiro atoms. The monoisotopic (exact) mass is 275 g/mol. The number of hydrogen-bond donors (Lipinski definition) is 2. The van der Waals surface area contributed by atoms with Crippen molar-refractivity contribution in [3.05, 3.63) is 23.8 Å². The SMILES string of the molecule is COc1cccc2c1NC1CC(C(=O)O)CC(C)C1C2. The zero-order valence-electron chi connectivity index (χ0n) is 11.9. The Bertz CT molecular complexity index is 528. The van der Waals surface area contributed by atoms with Gasteiger partial charge < -0.3 is 15.2 Å². The Kier molecular flexibility index (Phi) is 3.32. The minimum Gasteiger partial charge on any atom is -0.495 e. The number of nitrogens with one attached hydrogen (secondary N) is 1. The van der Waals surface area contributed by atoms with E-state index in [0.717, 1.165) is 24.3 Å². The van der Waals surface area contributed by atoms with Crippen LogP contribution in [0.2, 0.25) is 0 Å². The highest BCUT2D eigenvalue weighted by atomic mass is 16.5. The number of carbonyl (C=O) groups is 1. The van der Waals surface area contributed by atoms with E-state index in [1.54, 1.807) is 7.11 Å². The van der Waals surface area contributed by atoms with Gasteiger partial charge in [0.25, 0.3) is 0 Å². The van der Waals surface area contributed by atoms with E-state index in [1.165, 1.54) is 5.56 Å². The second-order valence-corrected chi connectivity index (χ2v) is 6.10. The van der Waals surface area contributed by atoms with Crippen molar-refractivity contribution in [3.63, 3.8) is 0 Å². The summed E-state index contributed by atoms with van der Waals surface area (Å²) in [5, 5.41) is 12.8. The Morgan fingerprint density at radius 1 is 1.40 bits per heavy atom. The van der Waals surface area contributed by atoms with Crippen LogP contribution in [0.4, 0.5) is 5.69 Å². The molecule has 0 bridgehead atoms. The lowest BCUT2D eigenvalue weighted by molar-refractivity contribution is -0.144. The molecule has 1 fully saturated rings. The lowest BCUT2D eigenvalue weighted by Crippen LogP contribution is -2.45. The molecule has 4 unspecified atom stereocenters. The van der Waals surface area contributed by atoms with Crippen LogP contribution in [0.1, 0.15) is 25.3 Å². The van der Waals surface area contributed by atoms with Gasteiger partial charge in [-0.3, -0.25) is 4.79 Å². The number of hydrogen-bond acceptors (Lipinski definition) is 3. The maximum atomic E-state index is 11.3. The lowest BCUT2D eigenvalue weighted by Gasteiger charge is -2.44. The number of carboxylic acid groups (broad SMARTS) is 1. The molecule has 1 saturated carbocycles. The van der Waals surface area contributed by atoms with Crippen LogP contribution >= 0.6 is 0 Å². The highest BCUT2D eigenvalue weighted by Gasteiger charge is 2.41. The van der Waals surface area contributed by atoms with Crippen LogP contribution in [0, 0.1) is 17.8 Å². The van der Waals surface area contributed by atoms with Gasteiger partial charge in [0.05, 0.1) is 18.7 Å². The van der Waals surface area contributed by atoms with Crippen molar-refractivity contribution in [2.24, 2.45) is 17.8 Å². The molecule has 4 heteroatoms. The Morgan fingerprint density at radius 3 is 2.90 bits per heavy atom. The minimum absolute atomic E-state index is 0.227. The molecule has 4 atom stereocenters. The summed E-state index contributed by atoms with van der Waals surface area (Å²) in [6.45, 7) is 2.18.